The zero-order valence-corrected chi connectivity index (χ0v) is 18.1. The highest BCUT2D eigenvalue weighted by Crippen LogP contribution is 2.34. The first-order valence-electron chi connectivity index (χ1n) is 11.2. The molecule has 0 bridgehead atoms. The Morgan fingerprint density at radius 1 is 1.16 bits per heavy atom. The Kier molecular flexibility index (Phi) is 5.54. The van der Waals surface area contributed by atoms with Gasteiger partial charge in [0, 0.05) is 56.7 Å². The number of aryl methyl sites for hydroxylation is 1. The molecule has 1 N–H and O–H groups in total. The molecule has 2 fully saturated rings. The largest absolute Gasteiger partial charge is 0.381 e. The van der Waals surface area contributed by atoms with Gasteiger partial charge in [-0.25, -0.2) is 19.6 Å². The highest BCUT2D eigenvalue weighted by molar-refractivity contribution is 5.73. The number of nitrogens with zero attached hydrogens (tertiary/aromatic N) is 6. The minimum atomic E-state index is -0.0986. The summed E-state index contributed by atoms with van der Waals surface area (Å²) in [6.07, 6.45) is 8.27. The second-order valence-electron chi connectivity index (χ2n) is 8.73. The summed E-state index contributed by atoms with van der Waals surface area (Å²) in [5.41, 5.74) is 1.71. The predicted octanol–water partition coefficient (Wildman–Crippen LogP) is 2.20. The van der Waals surface area contributed by atoms with Gasteiger partial charge in [-0.3, -0.25) is 9.69 Å². The summed E-state index contributed by atoms with van der Waals surface area (Å²) in [5, 5.41) is 5.08. The quantitative estimate of drug-likeness (QED) is 0.671. The van der Waals surface area contributed by atoms with Crippen molar-refractivity contribution in [3.05, 3.63) is 46.2 Å². The topological polar surface area (TPSA) is 102 Å². The molecule has 164 valence electrons. The third kappa shape index (κ3) is 3.99. The molecule has 0 aliphatic carbocycles. The maximum atomic E-state index is 12.8. The van der Waals surface area contributed by atoms with Gasteiger partial charge in [0.1, 0.15) is 17.0 Å². The molecule has 2 atom stereocenters. The van der Waals surface area contributed by atoms with E-state index in [1.54, 1.807) is 6.20 Å². The average molecular weight is 424 g/mol. The van der Waals surface area contributed by atoms with Crippen LogP contribution in [0.15, 0.2) is 23.4 Å². The molecule has 0 radical (unpaired) electrons. The van der Waals surface area contributed by atoms with E-state index < -0.39 is 0 Å². The number of aromatic nitrogens is 6. The predicted molar refractivity (Wildman–Crippen MR) is 116 cm³/mol. The Morgan fingerprint density at radius 2 is 1.94 bits per heavy atom. The van der Waals surface area contributed by atoms with Gasteiger partial charge in [-0.2, -0.15) is 5.10 Å². The number of hydrogen-bond donors (Lipinski definition) is 1. The number of rotatable bonds is 5. The van der Waals surface area contributed by atoms with Crippen LogP contribution in [0.1, 0.15) is 55.4 Å². The number of aromatic amines is 1. The van der Waals surface area contributed by atoms with E-state index in [4.69, 9.17) is 9.72 Å². The molecule has 5 rings (SSSR count). The summed E-state index contributed by atoms with van der Waals surface area (Å²) in [6.45, 7) is 8.17. The lowest BCUT2D eigenvalue weighted by atomic mass is 9.93. The maximum absolute atomic E-state index is 12.8. The first kappa shape index (κ1) is 20.3. The molecule has 3 aromatic rings. The van der Waals surface area contributed by atoms with Gasteiger partial charge in [0.2, 0.25) is 0 Å². The number of ether oxygens (including phenoxy) is 1. The van der Waals surface area contributed by atoms with Crippen molar-refractivity contribution in [1.82, 2.24) is 34.6 Å². The molecule has 2 saturated heterocycles. The Labute approximate surface area is 180 Å². The molecule has 31 heavy (non-hydrogen) atoms. The standard InChI is InChI=1S/C22H29N7O2/c1-3-16-12-28(11-15-8-23-14(2)24-9-15)13-19(16)20-26-21-18(22(30)27-20)10-25-29(21)17-4-6-31-7-5-17/h8-10,16-17,19H,3-7,11-13H2,1-2H3,(H,26,27,30)/t16-,19-/m1/s1. The van der Waals surface area contributed by atoms with Crippen LogP contribution in [0.4, 0.5) is 0 Å². The van der Waals surface area contributed by atoms with Crippen molar-refractivity contribution >= 4 is 11.0 Å². The molecule has 5 heterocycles. The number of likely N-dealkylation sites (tertiary alicyclic amines) is 1. The molecular formula is C22H29N7O2. The van der Waals surface area contributed by atoms with E-state index in [2.05, 4.69) is 31.9 Å². The molecule has 0 amide bonds. The Balaban J connectivity index is 1.43. The van der Waals surface area contributed by atoms with Crippen LogP contribution in [0.5, 0.6) is 0 Å². The Morgan fingerprint density at radius 3 is 2.68 bits per heavy atom. The van der Waals surface area contributed by atoms with E-state index in [0.29, 0.717) is 17.0 Å². The van der Waals surface area contributed by atoms with Crippen molar-refractivity contribution in [2.75, 3.05) is 26.3 Å². The van der Waals surface area contributed by atoms with Crippen molar-refractivity contribution in [2.24, 2.45) is 5.92 Å². The highest BCUT2D eigenvalue weighted by Gasteiger charge is 2.35. The molecule has 0 unspecified atom stereocenters. The van der Waals surface area contributed by atoms with Crippen LogP contribution in [0.25, 0.3) is 11.0 Å². The molecule has 3 aromatic heterocycles. The molecule has 2 aliphatic heterocycles. The summed E-state index contributed by atoms with van der Waals surface area (Å²) in [6, 6.07) is 0.233. The Bertz CT molecular complexity index is 1100. The van der Waals surface area contributed by atoms with E-state index in [9.17, 15) is 4.79 Å². The molecule has 9 heteroatoms. The van der Waals surface area contributed by atoms with Crippen molar-refractivity contribution in [2.45, 2.75) is 51.6 Å². The third-order valence-corrected chi connectivity index (χ3v) is 6.65. The zero-order chi connectivity index (χ0) is 21.4. The fourth-order valence-corrected chi connectivity index (χ4v) is 4.90. The molecule has 0 aromatic carbocycles. The van der Waals surface area contributed by atoms with Crippen LogP contribution in [0, 0.1) is 12.8 Å². The van der Waals surface area contributed by atoms with Crippen molar-refractivity contribution in [3.8, 4) is 0 Å². The summed E-state index contributed by atoms with van der Waals surface area (Å²) in [5.74, 6) is 2.18. The smallest absolute Gasteiger partial charge is 0.262 e. The van der Waals surface area contributed by atoms with E-state index in [1.807, 2.05) is 24.0 Å². The number of H-pyrrole nitrogens is 1. The monoisotopic (exact) mass is 423 g/mol. The lowest BCUT2D eigenvalue weighted by Crippen LogP contribution is -2.23. The molecule has 2 aliphatic rings. The van der Waals surface area contributed by atoms with Gasteiger partial charge in [0.15, 0.2) is 5.65 Å². The first-order chi connectivity index (χ1) is 15.1. The third-order valence-electron chi connectivity index (χ3n) is 6.65. The number of fused-ring (bicyclic) bond motifs is 1. The lowest BCUT2D eigenvalue weighted by Gasteiger charge is -2.23. The van der Waals surface area contributed by atoms with Crippen molar-refractivity contribution in [3.63, 3.8) is 0 Å². The normalized spacial score (nSPS) is 23.0. The second-order valence-corrected chi connectivity index (χ2v) is 8.73. The summed E-state index contributed by atoms with van der Waals surface area (Å²) in [7, 11) is 0. The zero-order valence-electron chi connectivity index (χ0n) is 18.1. The van der Waals surface area contributed by atoms with Crippen LogP contribution < -0.4 is 5.56 Å². The molecule has 0 saturated carbocycles. The molecular weight excluding hydrogens is 394 g/mol. The lowest BCUT2D eigenvalue weighted by molar-refractivity contribution is 0.0673. The molecule has 9 nitrogen and oxygen atoms in total. The van der Waals surface area contributed by atoms with E-state index in [0.717, 1.165) is 69.3 Å². The van der Waals surface area contributed by atoms with Crippen molar-refractivity contribution < 1.29 is 4.74 Å². The van der Waals surface area contributed by atoms with Gasteiger partial charge in [-0.15, -0.1) is 0 Å². The number of nitrogens with one attached hydrogen (secondary N) is 1. The van der Waals surface area contributed by atoms with Gasteiger partial charge in [0.25, 0.3) is 5.56 Å². The maximum Gasteiger partial charge on any atom is 0.262 e. The SMILES string of the molecule is CC[C@@H]1CN(Cc2cnc(C)nc2)C[C@H]1c1nc2c(cnn2C2CCOCC2)c(=O)[nH]1. The fourth-order valence-electron chi connectivity index (χ4n) is 4.90. The van der Waals surface area contributed by atoms with Gasteiger partial charge in [-0.05, 0) is 25.7 Å². The van der Waals surface area contributed by atoms with Gasteiger partial charge < -0.3 is 9.72 Å². The summed E-state index contributed by atoms with van der Waals surface area (Å²) >= 11 is 0. The van der Waals surface area contributed by atoms with Gasteiger partial charge >= 0.3 is 0 Å². The minimum Gasteiger partial charge on any atom is -0.381 e. The van der Waals surface area contributed by atoms with E-state index in [-0.39, 0.29) is 17.5 Å². The van der Waals surface area contributed by atoms with Crippen molar-refractivity contribution in [1.29, 1.82) is 0 Å². The summed E-state index contributed by atoms with van der Waals surface area (Å²) in [4.78, 5) is 31.9. The van der Waals surface area contributed by atoms with Crippen LogP contribution in [0.3, 0.4) is 0 Å². The summed E-state index contributed by atoms with van der Waals surface area (Å²) < 4.78 is 7.43. The first-order valence-corrected chi connectivity index (χ1v) is 11.2. The van der Waals surface area contributed by atoms with E-state index >= 15 is 0 Å². The van der Waals surface area contributed by atoms with Crippen LogP contribution in [-0.4, -0.2) is 60.9 Å². The van der Waals surface area contributed by atoms with Crippen LogP contribution in [-0.2, 0) is 11.3 Å². The Hall–Kier alpha value is -2.65. The average Bonchev–Trinajstić information content (AvgIpc) is 3.40. The molecule has 0 spiro atoms. The van der Waals surface area contributed by atoms with Gasteiger partial charge in [-0.1, -0.05) is 13.3 Å². The van der Waals surface area contributed by atoms with E-state index in [1.165, 1.54) is 0 Å². The van der Waals surface area contributed by atoms with Crippen LogP contribution >= 0.6 is 0 Å². The number of hydrogen-bond acceptors (Lipinski definition) is 7. The second kappa shape index (κ2) is 8.47. The van der Waals surface area contributed by atoms with Crippen LogP contribution in [0.2, 0.25) is 0 Å². The van der Waals surface area contributed by atoms with Gasteiger partial charge in [0.05, 0.1) is 12.2 Å². The highest BCUT2D eigenvalue weighted by atomic mass is 16.5. The fraction of sp³-hybridized carbons (Fsp3) is 0.591. The minimum absolute atomic E-state index is 0.0986.